The number of hydrazine groups is 1. The second-order valence-corrected chi connectivity index (χ2v) is 5.43. The number of anilines is 2. The average Bonchev–Trinajstić information content (AvgIpc) is 2.44. The van der Waals surface area contributed by atoms with Crippen LogP contribution in [-0.4, -0.2) is 31.7 Å². The first-order valence-electron chi connectivity index (χ1n) is 7.08. The van der Waals surface area contributed by atoms with E-state index in [9.17, 15) is 9.59 Å². The quantitative estimate of drug-likeness (QED) is 0.362. The number of carbonyl (C=O) groups excluding carboxylic acids is 2. The van der Waals surface area contributed by atoms with Gasteiger partial charge in [-0.15, -0.1) is 0 Å². The predicted molar refractivity (Wildman–Crippen MR) is 82.0 cm³/mol. The first kappa shape index (κ1) is 16.1. The summed E-state index contributed by atoms with van der Waals surface area (Å²) >= 11 is 0. The molecule has 0 saturated heterocycles. The van der Waals surface area contributed by atoms with E-state index in [1.807, 2.05) is 0 Å². The average molecular weight is 307 g/mol. The topological polar surface area (TPSA) is 108 Å². The monoisotopic (exact) mass is 307 g/mol. The van der Waals surface area contributed by atoms with Crippen molar-refractivity contribution in [1.82, 2.24) is 0 Å². The number of esters is 2. The molecule has 0 amide bonds. The van der Waals surface area contributed by atoms with Gasteiger partial charge in [0.05, 0.1) is 30.7 Å². The molecule has 7 nitrogen and oxygen atoms in total. The number of rotatable bonds is 5. The van der Waals surface area contributed by atoms with Gasteiger partial charge in [0.2, 0.25) is 0 Å². The maximum absolute atomic E-state index is 11.7. The predicted octanol–water partition coefficient (Wildman–Crippen LogP) is 1.08. The van der Waals surface area contributed by atoms with Gasteiger partial charge in [0.25, 0.3) is 0 Å². The third-order valence-corrected chi connectivity index (χ3v) is 3.89. The van der Waals surface area contributed by atoms with E-state index in [-0.39, 0.29) is 12.0 Å². The first-order chi connectivity index (χ1) is 10.4. The van der Waals surface area contributed by atoms with Crippen molar-refractivity contribution in [2.24, 2.45) is 11.8 Å². The second-order valence-electron chi connectivity index (χ2n) is 5.43. The van der Waals surface area contributed by atoms with E-state index in [1.165, 1.54) is 14.0 Å². The molecule has 0 heterocycles. The molecule has 0 aromatic heterocycles. The molecule has 4 N–H and O–H groups in total. The summed E-state index contributed by atoms with van der Waals surface area (Å²) < 4.78 is 9.68. The number of nitrogens with two attached hydrogens (primary N) is 2. The molecule has 0 unspecified atom stereocenters. The lowest BCUT2D eigenvalue weighted by Crippen LogP contribution is -2.50. The van der Waals surface area contributed by atoms with Crippen LogP contribution in [0.1, 0.15) is 30.1 Å². The van der Waals surface area contributed by atoms with Gasteiger partial charge in [0.1, 0.15) is 0 Å². The lowest BCUT2D eigenvalue weighted by Gasteiger charge is -2.41. The van der Waals surface area contributed by atoms with Crippen LogP contribution in [0.2, 0.25) is 0 Å². The zero-order chi connectivity index (χ0) is 16.3. The number of ether oxygens (including phenoxy) is 2. The summed E-state index contributed by atoms with van der Waals surface area (Å²) in [5, 5.41) is 1.58. The van der Waals surface area contributed by atoms with E-state index in [4.69, 9.17) is 21.1 Å². The van der Waals surface area contributed by atoms with Crippen LogP contribution in [0, 0.1) is 5.92 Å². The summed E-state index contributed by atoms with van der Waals surface area (Å²) in [5.74, 6) is 5.67. The van der Waals surface area contributed by atoms with Crippen LogP contribution in [0.4, 0.5) is 11.4 Å². The molecule has 1 aliphatic rings. The molecule has 7 heteroatoms. The normalized spacial score (nSPS) is 20.0. The zero-order valence-corrected chi connectivity index (χ0v) is 12.7. The Bertz CT molecular complexity index is 570. The van der Waals surface area contributed by atoms with Crippen molar-refractivity contribution in [2.45, 2.75) is 25.8 Å². The van der Waals surface area contributed by atoms with Crippen molar-refractivity contribution in [2.75, 3.05) is 24.5 Å². The fourth-order valence-electron chi connectivity index (χ4n) is 2.56. The van der Waals surface area contributed by atoms with Crippen LogP contribution in [0.5, 0.6) is 0 Å². The third kappa shape index (κ3) is 3.30. The number of hydrogen-bond donors (Lipinski definition) is 2. The molecule has 0 aliphatic heterocycles. The van der Waals surface area contributed by atoms with Crippen LogP contribution in [0.15, 0.2) is 18.2 Å². The van der Waals surface area contributed by atoms with Crippen molar-refractivity contribution >= 4 is 23.3 Å². The van der Waals surface area contributed by atoms with E-state index in [0.29, 0.717) is 29.5 Å². The summed E-state index contributed by atoms with van der Waals surface area (Å²) in [6.07, 6.45) is 1.62. The van der Waals surface area contributed by atoms with E-state index in [1.54, 1.807) is 23.2 Å². The lowest BCUT2D eigenvalue weighted by molar-refractivity contribution is -0.143. The van der Waals surface area contributed by atoms with Crippen molar-refractivity contribution in [3.8, 4) is 0 Å². The Hall–Kier alpha value is -2.28. The van der Waals surface area contributed by atoms with Crippen molar-refractivity contribution in [3.05, 3.63) is 23.8 Å². The minimum Gasteiger partial charge on any atom is -0.466 e. The molecular formula is C15H21N3O4. The maximum Gasteiger partial charge on any atom is 0.340 e. The highest BCUT2D eigenvalue weighted by molar-refractivity contribution is 5.98. The summed E-state index contributed by atoms with van der Waals surface area (Å²) in [4.78, 5) is 22.4. The Labute approximate surface area is 129 Å². The van der Waals surface area contributed by atoms with E-state index in [2.05, 4.69) is 0 Å². The van der Waals surface area contributed by atoms with Crippen LogP contribution in [-0.2, 0) is 14.3 Å². The highest BCUT2D eigenvalue weighted by atomic mass is 16.5. The molecule has 1 aromatic carbocycles. The minimum absolute atomic E-state index is 0.107. The first-order valence-corrected chi connectivity index (χ1v) is 7.08. The Morgan fingerprint density at radius 1 is 1.36 bits per heavy atom. The van der Waals surface area contributed by atoms with E-state index in [0.717, 1.165) is 12.8 Å². The Balaban J connectivity index is 2.01. The van der Waals surface area contributed by atoms with E-state index >= 15 is 0 Å². The highest BCUT2D eigenvalue weighted by Crippen LogP contribution is 2.36. The fourth-order valence-corrected chi connectivity index (χ4v) is 2.56. The second kappa shape index (κ2) is 6.65. The van der Waals surface area contributed by atoms with Crippen molar-refractivity contribution in [3.63, 3.8) is 0 Å². The van der Waals surface area contributed by atoms with E-state index < -0.39 is 5.97 Å². The molecule has 1 aliphatic carbocycles. The maximum atomic E-state index is 11.7. The summed E-state index contributed by atoms with van der Waals surface area (Å²) in [6, 6.07) is 5.19. The Morgan fingerprint density at radius 2 is 2.05 bits per heavy atom. The molecule has 1 aromatic rings. The molecule has 0 spiro atoms. The highest BCUT2D eigenvalue weighted by Gasteiger charge is 2.34. The third-order valence-electron chi connectivity index (χ3n) is 3.89. The van der Waals surface area contributed by atoms with Crippen LogP contribution >= 0.6 is 0 Å². The van der Waals surface area contributed by atoms with Gasteiger partial charge >= 0.3 is 11.9 Å². The zero-order valence-electron chi connectivity index (χ0n) is 12.7. The standard InChI is InChI=1S/C15H21N3O4/c1-9(19)22-8-10-6-11(7-10)18(17)13-5-3-4-12(14(13)16)15(20)21-2/h3-5,10-11H,6-8,16-17H2,1-2H3. The van der Waals surface area contributed by atoms with Gasteiger partial charge < -0.3 is 20.2 Å². The van der Waals surface area contributed by atoms with Gasteiger partial charge in [-0.1, -0.05) is 6.07 Å². The number of carbonyl (C=O) groups is 2. The molecule has 0 atom stereocenters. The number of para-hydroxylation sites is 1. The molecule has 2 rings (SSSR count). The van der Waals surface area contributed by atoms with Gasteiger partial charge in [0, 0.05) is 13.0 Å². The molecule has 120 valence electrons. The molecule has 0 bridgehead atoms. The van der Waals surface area contributed by atoms with Gasteiger partial charge in [0.15, 0.2) is 0 Å². The summed E-state index contributed by atoms with van der Waals surface area (Å²) in [7, 11) is 1.31. The number of methoxy groups -OCH3 is 1. The SMILES string of the molecule is COC(=O)c1cccc(N(N)C2CC(COC(C)=O)C2)c1N. The molecular weight excluding hydrogens is 286 g/mol. The van der Waals surface area contributed by atoms with Gasteiger partial charge in [-0.3, -0.25) is 4.79 Å². The van der Waals surface area contributed by atoms with Crippen molar-refractivity contribution < 1.29 is 19.1 Å². The van der Waals surface area contributed by atoms with Crippen molar-refractivity contribution in [1.29, 1.82) is 0 Å². The molecule has 0 radical (unpaired) electrons. The molecule has 1 fully saturated rings. The Kier molecular flexibility index (Phi) is 4.87. The minimum atomic E-state index is -0.492. The van der Waals surface area contributed by atoms with Gasteiger partial charge in [-0.2, -0.15) is 0 Å². The summed E-state index contributed by atoms with van der Waals surface area (Å²) in [6.45, 7) is 1.81. The van der Waals surface area contributed by atoms with Crippen LogP contribution in [0.3, 0.4) is 0 Å². The number of hydrogen-bond acceptors (Lipinski definition) is 7. The van der Waals surface area contributed by atoms with Gasteiger partial charge in [-0.05, 0) is 30.9 Å². The fraction of sp³-hybridized carbons (Fsp3) is 0.467. The Morgan fingerprint density at radius 3 is 2.64 bits per heavy atom. The molecule has 22 heavy (non-hydrogen) atoms. The number of benzene rings is 1. The smallest absolute Gasteiger partial charge is 0.340 e. The van der Waals surface area contributed by atoms with Crippen LogP contribution < -0.4 is 16.6 Å². The molecule has 1 saturated carbocycles. The summed E-state index contributed by atoms with van der Waals surface area (Å²) in [5.41, 5.74) is 7.22. The van der Waals surface area contributed by atoms with Crippen LogP contribution in [0.25, 0.3) is 0 Å². The number of nitrogen functional groups attached to an aromatic ring is 1. The number of nitrogens with zero attached hydrogens (tertiary/aromatic N) is 1. The largest absolute Gasteiger partial charge is 0.466 e. The lowest BCUT2D eigenvalue weighted by atomic mass is 9.80. The van der Waals surface area contributed by atoms with Gasteiger partial charge in [-0.25, -0.2) is 10.6 Å².